The molecule has 0 amide bonds. The molecule has 0 unspecified atom stereocenters. The van der Waals surface area contributed by atoms with Crippen molar-refractivity contribution in [2.24, 2.45) is 40.4 Å². The molecule has 5 aliphatic carbocycles. The lowest BCUT2D eigenvalue weighted by molar-refractivity contribution is -0.280. The summed E-state index contributed by atoms with van der Waals surface area (Å²) in [7, 11) is 3.78. The Balaban J connectivity index is 1.60. The van der Waals surface area contributed by atoms with Crippen LogP contribution in [0.3, 0.4) is 0 Å². The lowest BCUT2D eigenvalue weighted by Crippen LogP contribution is -2.76. The second-order valence-electron chi connectivity index (χ2n) is 11.7. The third-order valence-corrected chi connectivity index (χ3v) is 11.3. The lowest BCUT2D eigenvalue weighted by Gasteiger charge is -2.69. The summed E-state index contributed by atoms with van der Waals surface area (Å²) in [5.74, 6) is 2.09. The SMILES string of the molecule is CCO[C@]12C[C@H](OC)[C@H]3C[C@H]([C@@H]1[C@H]3O)[C@@]13[C@@H](OC)CC[C@@]4(C)CN(CC)[C@@H]1[C@@H]2C[C@H]43. The van der Waals surface area contributed by atoms with Crippen LogP contribution >= 0.6 is 0 Å². The Morgan fingerprint density at radius 2 is 1.90 bits per heavy atom. The molecule has 0 aromatic heterocycles. The zero-order valence-electron chi connectivity index (χ0n) is 19.5. The molecule has 5 nitrogen and oxygen atoms in total. The highest BCUT2D eigenvalue weighted by Gasteiger charge is 2.83. The van der Waals surface area contributed by atoms with Crippen molar-refractivity contribution in [2.45, 2.75) is 82.8 Å². The van der Waals surface area contributed by atoms with Crippen molar-refractivity contribution < 1.29 is 19.3 Å². The quantitative estimate of drug-likeness (QED) is 0.743. The molecular weight excluding hydrogens is 378 g/mol. The van der Waals surface area contributed by atoms with E-state index in [2.05, 4.69) is 25.7 Å². The van der Waals surface area contributed by atoms with Crippen LogP contribution in [0.25, 0.3) is 0 Å². The second-order valence-corrected chi connectivity index (χ2v) is 11.7. The van der Waals surface area contributed by atoms with Crippen LogP contribution in [0.15, 0.2) is 0 Å². The predicted octanol–water partition coefficient (Wildman–Crippen LogP) is 2.95. The monoisotopic (exact) mass is 419 g/mol. The van der Waals surface area contributed by atoms with Crippen molar-refractivity contribution in [1.29, 1.82) is 0 Å². The van der Waals surface area contributed by atoms with Crippen molar-refractivity contribution in [1.82, 2.24) is 4.90 Å². The summed E-state index contributed by atoms with van der Waals surface area (Å²) in [4.78, 5) is 2.82. The topological polar surface area (TPSA) is 51.2 Å². The zero-order valence-corrected chi connectivity index (χ0v) is 19.5. The molecule has 5 heteroatoms. The van der Waals surface area contributed by atoms with E-state index in [9.17, 15) is 5.11 Å². The van der Waals surface area contributed by atoms with Crippen molar-refractivity contribution >= 4 is 0 Å². The number of nitrogens with zero attached hydrogens (tertiary/aromatic N) is 1. The van der Waals surface area contributed by atoms with Gasteiger partial charge in [-0.1, -0.05) is 13.8 Å². The number of piperidine rings is 1. The first-order chi connectivity index (χ1) is 14.4. The van der Waals surface area contributed by atoms with E-state index in [1.54, 1.807) is 0 Å². The fraction of sp³-hybridized carbons (Fsp3) is 1.00. The van der Waals surface area contributed by atoms with Gasteiger partial charge >= 0.3 is 0 Å². The van der Waals surface area contributed by atoms with Crippen LogP contribution < -0.4 is 0 Å². The van der Waals surface area contributed by atoms with Crippen molar-refractivity contribution in [3.63, 3.8) is 0 Å². The number of hydrogen-bond donors (Lipinski definition) is 1. The van der Waals surface area contributed by atoms with Crippen LogP contribution in [0.4, 0.5) is 0 Å². The van der Waals surface area contributed by atoms with Gasteiger partial charge in [0.15, 0.2) is 0 Å². The first-order valence-corrected chi connectivity index (χ1v) is 12.5. The van der Waals surface area contributed by atoms with E-state index in [4.69, 9.17) is 14.2 Å². The van der Waals surface area contributed by atoms with Gasteiger partial charge in [0, 0.05) is 63.0 Å². The minimum absolute atomic E-state index is 0.106. The molecule has 6 rings (SSSR count). The molecule has 0 aromatic carbocycles. The molecule has 1 heterocycles. The molecule has 6 aliphatic rings. The largest absolute Gasteiger partial charge is 0.392 e. The third kappa shape index (κ3) is 2.00. The summed E-state index contributed by atoms with van der Waals surface area (Å²) in [5.41, 5.74) is 0.257. The molecule has 6 fully saturated rings. The van der Waals surface area contributed by atoms with Crippen LogP contribution in [0.5, 0.6) is 0 Å². The fourth-order valence-corrected chi connectivity index (χ4v) is 10.9. The minimum Gasteiger partial charge on any atom is -0.392 e. The zero-order chi connectivity index (χ0) is 21.1. The predicted molar refractivity (Wildman–Crippen MR) is 114 cm³/mol. The van der Waals surface area contributed by atoms with Crippen molar-refractivity contribution in [3.05, 3.63) is 0 Å². The Morgan fingerprint density at radius 1 is 1.10 bits per heavy atom. The number of rotatable bonds is 5. The van der Waals surface area contributed by atoms with E-state index in [0.29, 0.717) is 35.3 Å². The Labute approximate surface area is 181 Å². The van der Waals surface area contributed by atoms with Gasteiger partial charge in [-0.2, -0.15) is 0 Å². The van der Waals surface area contributed by atoms with Gasteiger partial charge < -0.3 is 19.3 Å². The summed E-state index contributed by atoms with van der Waals surface area (Å²) in [5, 5.41) is 11.7. The molecule has 170 valence electrons. The van der Waals surface area contributed by atoms with E-state index in [0.717, 1.165) is 26.0 Å². The maximum Gasteiger partial charge on any atom is 0.0806 e. The first kappa shape index (κ1) is 20.4. The number of methoxy groups -OCH3 is 2. The number of aliphatic hydroxyl groups is 1. The van der Waals surface area contributed by atoms with Gasteiger partial charge in [0.05, 0.1) is 23.9 Å². The van der Waals surface area contributed by atoms with Crippen LogP contribution in [-0.2, 0) is 14.2 Å². The van der Waals surface area contributed by atoms with Gasteiger partial charge in [0.1, 0.15) is 0 Å². The highest BCUT2D eigenvalue weighted by molar-refractivity contribution is 5.33. The van der Waals surface area contributed by atoms with Crippen LogP contribution in [0.2, 0.25) is 0 Å². The number of aliphatic hydroxyl groups excluding tert-OH is 1. The summed E-state index contributed by atoms with van der Waals surface area (Å²) in [6, 6.07) is 0.514. The lowest BCUT2D eigenvalue weighted by atomic mass is 9.43. The molecule has 1 N–H and O–H groups in total. The second kappa shape index (κ2) is 6.44. The molecule has 7 bridgehead atoms. The van der Waals surface area contributed by atoms with E-state index in [1.807, 2.05) is 14.2 Å². The smallest absolute Gasteiger partial charge is 0.0806 e. The average Bonchev–Trinajstić information content (AvgIpc) is 3.15. The number of likely N-dealkylation sites (tertiary alicyclic amines) is 1. The van der Waals surface area contributed by atoms with Crippen molar-refractivity contribution in [3.8, 4) is 0 Å². The number of fused-ring (bicyclic) bond motifs is 2. The van der Waals surface area contributed by atoms with Gasteiger partial charge in [-0.15, -0.1) is 0 Å². The van der Waals surface area contributed by atoms with Crippen molar-refractivity contribution in [2.75, 3.05) is 33.9 Å². The highest BCUT2D eigenvalue weighted by atomic mass is 16.5. The number of hydrogen-bond acceptors (Lipinski definition) is 5. The fourth-order valence-electron chi connectivity index (χ4n) is 10.9. The Kier molecular flexibility index (Phi) is 4.38. The molecule has 0 radical (unpaired) electrons. The molecule has 0 aromatic rings. The molecule has 30 heavy (non-hydrogen) atoms. The standard InChI is InChI=1S/C25H41NO4/c1-6-26-13-23(3)9-8-19(29-5)25-15-10-14-17(28-4)12-24(30-7-2,20(15)21(14)27)16(22(25)26)11-18(23)25/h14-22,27H,6-13H2,1-5H3/t14-,15-,16+,17+,18-,19+,20-,21+,22-,23+,24+,25-/m1/s1. The summed E-state index contributed by atoms with van der Waals surface area (Å²) in [6.45, 7) is 10.1. The van der Waals surface area contributed by atoms with Crippen LogP contribution in [0.1, 0.15) is 52.9 Å². The summed E-state index contributed by atoms with van der Waals surface area (Å²) in [6.07, 6.45) is 5.80. The number of ether oxygens (including phenoxy) is 3. The molecule has 5 saturated carbocycles. The van der Waals surface area contributed by atoms with E-state index in [-0.39, 0.29) is 35.1 Å². The van der Waals surface area contributed by atoms with E-state index in [1.165, 1.54) is 25.8 Å². The highest BCUT2D eigenvalue weighted by Crippen LogP contribution is 2.79. The maximum atomic E-state index is 11.7. The average molecular weight is 420 g/mol. The van der Waals surface area contributed by atoms with Crippen LogP contribution in [0, 0.1) is 40.4 Å². The van der Waals surface area contributed by atoms with Gasteiger partial charge in [-0.25, -0.2) is 0 Å². The van der Waals surface area contributed by atoms with Gasteiger partial charge in [0.25, 0.3) is 0 Å². The molecule has 1 saturated heterocycles. The van der Waals surface area contributed by atoms with E-state index >= 15 is 0 Å². The van der Waals surface area contributed by atoms with E-state index < -0.39 is 0 Å². The minimum atomic E-state index is -0.306. The van der Waals surface area contributed by atoms with Crippen LogP contribution in [-0.4, -0.2) is 73.9 Å². The third-order valence-electron chi connectivity index (χ3n) is 11.3. The summed E-state index contributed by atoms with van der Waals surface area (Å²) >= 11 is 0. The molecular formula is C25H41NO4. The Hall–Kier alpha value is -0.200. The Bertz CT molecular complexity index is 717. The first-order valence-electron chi connectivity index (χ1n) is 12.5. The summed E-state index contributed by atoms with van der Waals surface area (Å²) < 4.78 is 19.2. The molecule has 1 aliphatic heterocycles. The van der Waals surface area contributed by atoms with Gasteiger partial charge in [-0.3, -0.25) is 4.90 Å². The maximum absolute atomic E-state index is 11.7. The molecule has 12 atom stereocenters. The van der Waals surface area contributed by atoms with Gasteiger partial charge in [0.2, 0.25) is 0 Å². The van der Waals surface area contributed by atoms with Gasteiger partial charge in [-0.05, 0) is 56.4 Å². The Morgan fingerprint density at radius 3 is 2.57 bits per heavy atom. The molecule has 1 spiro atoms. The normalized spacial score (nSPS) is 60.8.